The molecule has 0 aliphatic heterocycles. The highest BCUT2D eigenvalue weighted by molar-refractivity contribution is 9.10. The first kappa shape index (κ1) is 13.3. The second-order valence-electron chi connectivity index (χ2n) is 4.27. The van der Waals surface area contributed by atoms with Crippen molar-refractivity contribution in [3.05, 3.63) is 45.8 Å². The van der Waals surface area contributed by atoms with Crippen molar-refractivity contribution in [1.82, 2.24) is 20.2 Å². The summed E-state index contributed by atoms with van der Waals surface area (Å²) in [4.78, 5) is 8.33. The van der Waals surface area contributed by atoms with Gasteiger partial charge in [0.05, 0.1) is 11.6 Å². The third-order valence-electron chi connectivity index (χ3n) is 2.94. The third kappa shape index (κ3) is 2.76. The minimum absolute atomic E-state index is 0.728. The largest absolute Gasteiger partial charge is 0.369 e. The summed E-state index contributed by atoms with van der Waals surface area (Å²) in [6.07, 6.45) is 4.07. The van der Waals surface area contributed by atoms with Crippen LogP contribution >= 0.6 is 27.5 Å². The lowest BCUT2D eigenvalue weighted by Gasteiger charge is -2.08. The van der Waals surface area contributed by atoms with E-state index in [9.17, 15) is 0 Å². The van der Waals surface area contributed by atoms with Gasteiger partial charge in [-0.3, -0.25) is 5.10 Å². The molecule has 20 heavy (non-hydrogen) atoms. The molecule has 7 heteroatoms. The number of aromatic amines is 1. The summed E-state index contributed by atoms with van der Waals surface area (Å²) < 4.78 is 1.06. The number of halogens is 2. The Morgan fingerprint density at radius 2 is 2.20 bits per heavy atom. The quantitative estimate of drug-likeness (QED) is 0.755. The van der Waals surface area contributed by atoms with E-state index in [1.807, 2.05) is 18.2 Å². The standard InChI is InChI=1S/C13H11BrClN5/c14-11-2-1-9(15)5-8(11)3-4-16-12-10-6-19-20-13(10)18-7-17-12/h1-2,5-7H,3-4H2,(H2,16,17,18,19,20). The van der Waals surface area contributed by atoms with Crippen molar-refractivity contribution in [1.29, 1.82) is 0 Å². The Morgan fingerprint density at radius 1 is 1.30 bits per heavy atom. The lowest BCUT2D eigenvalue weighted by atomic mass is 10.1. The number of rotatable bonds is 4. The Hall–Kier alpha value is -1.66. The van der Waals surface area contributed by atoms with Crippen LogP contribution in [0.4, 0.5) is 5.82 Å². The van der Waals surface area contributed by atoms with Gasteiger partial charge < -0.3 is 5.32 Å². The van der Waals surface area contributed by atoms with Gasteiger partial charge in [-0.05, 0) is 30.2 Å². The molecule has 102 valence electrons. The Balaban J connectivity index is 1.71. The van der Waals surface area contributed by atoms with E-state index in [2.05, 4.69) is 41.4 Å². The molecule has 0 radical (unpaired) electrons. The number of aromatic nitrogens is 4. The number of nitrogens with one attached hydrogen (secondary N) is 2. The van der Waals surface area contributed by atoms with Crippen LogP contribution in [0.5, 0.6) is 0 Å². The van der Waals surface area contributed by atoms with Gasteiger partial charge in [0.1, 0.15) is 12.1 Å². The normalized spacial score (nSPS) is 10.9. The smallest absolute Gasteiger partial charge is 0.160 e. The van der Waals surface area contributed by atoms with Gasteiger partial charge in [0, 0.05) is 16.0 Å². The van der Waals surface area contributed by atoms with E-state index in [1.54, 1.807) is 6.20 Å². The van der Waals surface area contributed by atoms with Crippen molar-refractivity contribution in [3.63, 3.8) is 0 Å². The fraction of sp³-hybridized carbons (Fsp3) is 0.154. The van der Waals surface area contributed by atoms with E-state index in [4.69, 9.17) is 11.6 Å². The molecule has 1 aromatic carbocycles. The Bertz CT molecular complexity index is 742. The van der Waals surface area contributed by atoms with Crippen LogP contribution < -0.4 is 5.32 Å². The predicted octanol–water partition coefficient (Wildman–Crippen LogP) is 3.42. The van der Waals surface area contributed by atoms with Crippen LogP contribution in [0, 0.1) is 0 Å². The maximum absolute atomic E-state index is 6.00. The number of H-pyrrole nitrogens is 1. The van der Waals surface area contributed by atoms with Crippen molar-refractivity contribution in [2.75, 3.05) is 11.9 Å². The zero-order chi connectivity index (χ0) is 13.9. The molecule has 0 bridgehead atoms. The number of hydrogen-bond acceptors (Lipinski definition) is 4. The van der Waals surface area contributed by atoms with Crippen LogP contribution in [0.25, 0.3) is 11.0 Å². The molecule has 0 fully saturated rings. The fourth-order valence-electron chi connectivity index (χ4n) is 1.96. The van der Waals surface area contributed by atoms with E-state index in [0.717, 1.165) is 44.9 Å². The minimum Gasteiger partial charge on any atom is -0.369 e. The fourth-order valence-corrected chi connectivity index (χ4v) is 2.60. The van der Waals surface area contributed by atoms with Crippen LogP contribution in [0.1, 0.15) is 5.56 Å². The van der Waals surface area contributed by atoms with E-state index in [-0.39, 0.29) is 0 Å². The number of benzene rings is 1. The third-order valence-corrected chi connectivity index (χ3v) is 3.95. The van der Waals surface area contributed by atoms with Gasteiger partial charge in [-0.15, -0.1) is 0 Å². The van der Waals surface area contributed by atoms with E-state index >= 15 is 0 Å². The van der Waals surface area contributed by atoms with E-state index in [1.165, 1.54) is 6.33 Å². The second-order valence-corrected chi connectivity index (χ2v) is 5.56. The van der Waals surface area contributed by atoms with Crippen molar-refractivity contribution in [2.45, 2.75) is 6.42 Å². The van der Waals surface area contributed by atoms with Gasteiger partial charge in [0.2, 0.25) is 0 Å². The molecule has 0 aliphatic carbocycles. The molecule has 2 heterocycles. The van der Waals surface area contributed by atoms with Gasteiger partial charge in [0.25, 0.3) is 0 Å². The average Bonchev–Trinajstić information content (AvgIpc) is 2.92. The molecule has 2 aromatic heterocycles. The number of nitrogens with zero attached hydrogens (tertiary/aromatic N) is 3. The first-order chi connectivity index (χ1) is 9.74. The number of hydrogen-bond donors (Lipinski definition) is 2. The van der Waals surface area contributed by atoms with Crippen molar-refractivity contribution in [3.8, 4) is 0 Å². The van der Waals surface area contributed by atoms with Crippen LogP contribution in [0.2, 0.25) is 5.02 Å². The summed E-state index contributed by atoms with van der Waals surface area (Å²) in [6.45, 7) is 0.746. The maximum atomic E-state index is 6.00. The minimum atomic E-state index is 0.728. The Labute approximate surface area is 128 Å². The van der Waals surface area contributed by atoms with Gasteiger partial charge in [-0.2, -0.15) is 5.10 Å². The van der Waals surface area contributed by atoms with Gasteiger partial charge in [-0.25, -0.2) is 9.97 Å². The molecule has 0 spiro atoms. The zero-order valence-corrected chi connectivity index (χ0v) is 12.7. The summed E-state index contributed by atoms with van der Waals surface area (Å²) in [5, 5.41) is 11.7. The van der Waals surface area contributed by atoms with Crippen LogP contribution in [-0.2, 0) is 6.42 Å². The second kappa shape index (κ2) is 5.76. The number of anilines is 1. The number of fused-ring (bicyclic) bond motifs is 1. The molecule has 0 unspecified atom stereocenters. The van der Waals surface area contributed by atoms with Gasteiger partial charge in [-0.1, -0.05) is 27.5 Å². The van der Waals surface area contributed by atoms with Crippen molar-refractivity contribution >= 4 is 44.4 Å². The highest BCUT2D eigenvalue weighted by Crippen LogP contribution is 2.22. The molecule has 0 amide bonds. The summed E-state index contributed by atoms with van der Waals surface area (Å²) >= 11 is 9.53. The Morgan fingerprint density at radius 3 is 3.10 bits per heavy atom. The van der Waals surface area contributed by atoms with Gasteiger partial charge >= 0.3 is 0 Å². The molecule has 0 saturated heterocycles. The summed E-state index contributed by atoms with van der Waals surface area (Å²) in [5.74, 6) is 0.780. The molecule has 3 aromatic rings. The van der Waals surface area contributed by atoms with E-state index in [0.29, 0.717) is 0 Å². The monoisotopic (exact) mass is 351 g/mol. The maximum Gasteiger partial charge on any atom is 0.160 e. The zero-order valence-electron chi connectivity index (χ0n) is 10.4. The lowest BCUT2D eigenvalue weighted by molar-refractivity contribution is 1.000. The molecule has 0 saturated carbocycles. The van der Waals surface area contributed by atoms with Crippen molar-refractivity contribution < 1.29 is 0 Å². The summed E-state index contributed by atoms with van der Waals surface area (Å²) in [5.41, 5.74) is 1.88. The first-order valence-electron chi connectivity index (χ1n) is 6.06. The van der Waals surface area contributed by atoms with Crippen LogP contribution in [0.3, 0.4) is 0 Å². The van der Waals surface area contributed by atoms with Gasteiger partial charge in [0.15, 0.2) is 5.65 Å². The lowest BCUT2D eigenvalue weighted by Crippen LogP contribution is -2.07. The summed E-state index contributed by atoms with van der Waals surface area (Å²) in [7, 11) is 0. The predicted molar refractivity (Wildman–Crippen MR) is 83.0 cm³/mol. The molecule has 3 rings (SSSR count). The molecule has 0 atom stereocenters. The SMILES string of the molecule is Clc1ccc(Br)c(CCNc2ncnc3[nH]ncc23)c1. The topological polar surface area (TPSA) is 66.5 Å². The van der Waals surface area contributed by atoms with Crippen LogP contribution in [-0.4, -0.2) is 26.7 Å². The average molecular weight is 353 g/mol. The van der Waals surface area contributed by atoms with Crippen molar-refractivity contribution in [2.24, 2.45) is 0 Å². The molecule has 5 nitrogen and oxygen atoms in total. The highest BCUT2D eigenvalue weighted by Gasteiger charge is 2.05. The molecule has 0 aliphatic rings. The Kier molecular flexibility index (Phi) is 3.84. The molecule has 2 N–H and O–H groups in total. The molecular formula is C13H11BrClN5. The van der Waals surface area contributed by atoms with Crippen LogP contribution in [0.15, 0.2) is 35.2 Å². The summed E-state index contributed by atoms with van der Waals surface area (Å²) in [6, 6.07) is 5.78. The van der Waals surface area contributed by atoms with E-state index < -0.39 is 0 Å². The molecular weight excluding hydrogens is 342 g/mol. The highest BCUT2D eigenvalue weighted by atomic mass is 79.9. The first-order valence-corrected chi connectivity index (χ1v) is 7.23.